The van der Waals surface area contributed by atoms with Crippen LogP contribution in [0.4, 0.5) is 29.1 Å². The summed E-state index contributed by atoms with van der Waals surface area (Å²) in [5.74, 6) is -6.69. The van der Waals surface area contributed by atoms with Crippen molar-refractivity contribution in [2.75, 3.05) is 9.80 Å². The number of anilines is 2. The van der Waals surface area contributed by atoms with Crippen molar-refractivity contribution in [3.63, 3.8) is 0 Å². The summed E-state index contributed by atoms with van der Waals surface area (Å²) in [5.41, 5.74) is 0.126. The molecule has 0 bridgehead atoms. The van der Waals surface area contributed by atoms with E-state index >= 15 is 0 Å². The Morgan fingerprint density at radius 2 is 1.77 bits per heavy atom. The minimum absolute atomic E-state index is 0.00733. The van der Waals surface area contributed by atoms with Crippen LogP contribution in [0.2, 0.25) is 5.02 Å². The topological polar surface area (TPSA) is 82.6 Å². The van der Waals surface area contributed by atoms with E-state index in [1.807, 2.05) is 0 Å². The second-order valence-corrected chi connectivity index (χ2v) is 10.1. The lowest BCUT2D eigenvalue weighted by Crippen LogP contribution is -2.56. The standard InChI is InChI=1S/C28H23ClF4N4O3/c29-20-8-2-1-7-19(20)25(26(39)34-17-14-28(32,33)15-17)36(18-6-3-5-16(30)13-18)27(40)21-11-12-24(38)37(21)23-10-4-9-22(31)35-23/h1-10,13,17,21,25H,11-12,14-15H2,(H,34,39)/t21-,25-/m0/s1. The number of hydrogen-bond acceptors (Lipinski definition) is 4. The third kappa shape index (κ3) is 5.51. The second-order valence-electron chi connectivity index (χ2n) is 9.72. The Kier molecular flexibility index (Phi) is 7.50. The molecule has 1 saturated heterocycles. The molecule has 2 aliphatic rings. The SMILES string of the molecule is O=C(NC1CC(F)(F)C1)[C@H](c1ccccc1Cl)N(C(=O)[C@@H]1CCC(=O)N1c1cccc(F)n1)c1cccc(F)c1. The van der Waals surface area contributed by atoms with Gasteiger partial charge in [0.15, 0.2) is 0 Å². The number of benzene rings is 2. The summed E-state index contributed by atoms with van der Waals surface area (Å²) in [5, 5.41) is 2.66. The number of nitrogens with one attached hydrogen (secondary N) is 1. The van der Waals surface area contributed by atoms with Gasteiger partial charge >= 0.3 is 0 Å². The first-order chi connectivity index (χ1) is 19.0. The summed E-state index contributed by atoms with van der Waals surface area (Å²) in [7, 11) is 0. The van der Waals surface area contributed by atoms with Gasteiger partial charge in [0.1, 0.15) is 23.7 Å². The number of amides is 3. The van der Waals surface area contributed by atoms with Crippen molar-refractivity contribution in [2.45, 2.75) is 49.7 Å². The Bertz CT molecular complexity index is 1460. The summed E-state index contributed by atoms with van der Waals surface area (Å²) in [6.45, 7) is 0. The molecule has 0 unspecified atom stereocenters. The highest BCUT2D eigenvalue weighted by Gasteiger charge is 2.48. The maximum absolute atomic E-state index is 14.5. The number of aromatic nitrogens is 1. The first-order valence-corrected chi connectivity index (χ1v) is 12.9. The molecular weight excluding hydrogens is 552 g/mol. The normalized spacial score (nSPS) is 19.2. The highest BCUT2D eigenvalue weighted by atomic mass is 35.5. The van der Waals surface area contributed by atoms with Crippen LogP contribution in [0.3, 0.4) is 0 Å². The Morgan fingerprint density at radius 1 is 1.05 bits per heavy atom. The van der Waals surface area contributed by atoms with Gasteiger partial charge in [-0.1, -0.05) is 41.9 Å². The zero-order chi connectivity index (χ0) is 28.6. The molecule has 208 valence electrons. The Labute approximate surface area is 231 Å². The van der Waals surface area contributed by atoms with Crippen molar-refractivity contribution in [3.8, 4) is 0 Å². The zero-order valence-electron chi connectivity index (χ0n) is 20.9. The van der Waals surface area contributed by atoms with E-state index in [9.17, 15) is 31.9 Å². The van der Waals surface area contributed by atoms with Gasteiger partial charge in [0, 0.05) is 41.6 Å². The quantitative estimate of drug-likeness (QED) is 0.311. The van der Waals surface area contributed by atoms with Crippen molar-refractivity contribution in [2.24, 2.45) is 0 Å². The molecule has 0 spiro atoms. The molecule has 1 aromatic heterocycles. The van der Waals surface area contributed by atoms with E-state index in [-0.39, 0.29) is 34.9 Å². The predicted molar refractivity (Wildman–Crippen MR) is 139 cm³/mol. The fourth-order valence-electron chi connectivity index (χ4n) is 5.06. The van der Waals surface area contributed by atoms with E-state index < -0.39 is 66.4 Å². The van der Waals surface area contributed by atoms with E-state index in [1.54, 1.807) is 12.1 Å². The molecule has 1 aliphatic carbocycles. The van der Waals surface area contributed by atoms with Crippen LogP contribution in [0.1, 0.15) is 37.3 Å². The number of carbonyl (C=O) groups excluding carboxylic acids is 3. The third-order valence-electron chi connectivity index (χ3n) is 6.91. The molecule has 7 nitrogen and oxygen atoms in total. The van der Waals surface area contributed by atoms with E-state index in [0.717, 1.165) is 28.0 Å². The number of halogens is 5. The second kappa shape index (κ2) is 10.9. The number of nitrogens with zero attached hydrogens (tertiary/aromatic N) is 3. The van der Waals surface area contributed by atoms with Crippen molar-refractivity contribution in [1.82, 2.24) is 10.3 Å². The van der Waals surface area contributed by atoms with Crippen molar-refractivity contribution in [3.05, 3.63) is 89.1 Å². The summed E-state index contributed by atoms with van der Waals surface area (Å²) in [6.07, 6.45) is -1.20. The van der Waals surface area contributed by atoms with E-state index in [0.29, 0.717) is 0 Å². The molecule has 5 rings (SSSR count). The molecule has 1 N–H and O–H groups in total. The van der Waals surface area contributed by atoms with Crippen LogP contribution in [0.15, 0.2) is 66.7 Å². The highest BCUT2D eigenvalue weighted by Crippen LogP contribution is 2.39. The van der Waals surface area contributed by atoms with Crippen LogP contribution in [0, 0.1) is 11.8 Å². The molecule has 0 radical (unpaired) electrons. The summed E-state index contributed by atoms with van der Waals surface area (Å²) in [4.78, 5) is 46.7. The Hall–Kier alpha value is -3.99. The molecule has 12 heteroatoms. The third-order valence-corrected chi connectivity index (χ3v) is 7.26. The summed E-state index contributed by atoms with van der Waals surface area (Å²) in [6, 6.07) is 11.3. The highest BCUT2D eigenvalue weighted by molar-refractivity contribution is 6.31. The van der Waals surface area contributed by atoms with Gasteiger partial charge in [-0.15, -0.1) is 0 Å². The minimum Gasteiger partial charge on any atom is -0.351 e. The largest absolute Gasteiger partial charge is 0.351 e. The number of pyridine rings is 1. The first-order valence-electron chi connectivity index (χ1n) is 12.5. The molecule has 1 saturated carbocycles. The molecule has 3 aromatic rings. The summed E-state index contributed by atoms with van der Waals surface area (Å²) < 4.78 is 55.5. The molecule has 2 atom stereocenters. The van der Waals surface area contributed by atoms with Crippen LogP contribution < -0.4 is 15.1 Å². The Morgan fingerprint density at radius 3 is 2.45 bits per heavy atom. The first kappa shape index (κ1) is 27.6. The minimum atomic E-state index is -2.92. The van der Waals surface area contributed by atoms with Gasteiger partial charge in [-0.05, 0) is 42.8 Å². The van der Waals surface area contributed by atoms with Gasteiger partial charge in [-0.3, -0.25) is 24.2 Å². The number of carbonyl (C=O) groups is 3. The van der Waals surface area contributed by atoms with Crippen LogP contribution in [0.5, 0.6) is 0 Å². The van der Waals surface area contributed by atoms with Crippen LogP contribution in [-0.4, -0.2) is 40.7 Å². The maximum Gasteiger partial charge on any atom is 0.252 e. The number of hydrogen-bond donors (Lipinski definition) is 1. The van der Waals surface area contributed by atoms with Gasteiger partial charge in [0.25, 0.3) is 11.8 Å². The maximum atomic E-state index is 14.5. The smallest absolute Gasteiger partial charge is 0.252 e. The molecule has 2 aromatic carbocycles. The Balaban J connectivity index is 1.60. The van der Waals surface area contributed by atoms with Gasteiger partial charge in [0.05, 0.1) is 0 Å². The lowest BCUT2D eigenvalue weighted by molar-refractivity contribution is -0.133. The number of rotatable bonds is 7. The fourth-order valence-corrected chi connectivity index (χ4v) is 5.30. The van der Waals surface area contributed by atoms with Crippen molar-refractivity contribution >= 4 is 40.8 Å². The molecule has 40 heavy (non-hydrogen) atoms. The molecule has 2 heterocycles. The van der Waals surface area contributed by atoms with Gasteiger partial charge in [-0.2, -0.15) is 4.39 Å². The van der Waals surface area contributed by atoms with E-state index in [4.69, 9.17) is 11.6 Å². The van der Waals surface area contributed by atoms with Gasteiger partial charge in [0.2, 0.25) is 17.8 Å². The van der Waals surface area contributed by atoms with Gasteiger partial charge in [-0.25, -0.2) is 18.2 Å². The predicted octanol–water partition coefficient (Wildman–Crippen LogP) is 5.20. The molecule has 2 fully saturated rings. The van der Waals surface area contributed by atoms with E-state index in [1.165, 1.54) is 36.4 Å². The number of alkyl halides is 2. The molecule has 3 amide bonds. The summed E-state index contributed by atoms with van der Waals surface area (Å²) >= 11 is 6.46. The molecule has 1 aliphatic heterocycles. The molecular formula is C28H23ClF4N4O3. The van der Waals surface area contributed by atoms with Crippen LogP contribution in [0.25, 0.3) is 0 Å². The van der Waals surface area contributed by atoms with Gasteiger partial charge < -0.3 is 5.32 Å². The lowest BCUT2D eigenvalue weighted by atomic mass is 9.87. The monoisotopic (exact) mass is 574 g/mol. The zero-order valence-corrected chi connectivity index (χ0v) is 21.6. The average Bonchev–Trinajstić information content (AvgIpc) is 3.27. The van der Waals surface area contributed by atoms with Crippen molar-refractivity contribution in [1.29, 1.82) is 0 Å². The fraction of sp³-hybridized carbons (Fsp3) is 0.286. The average molecular weight is 575 g/mol. The lowest BCUT2D eigenvalue weighted by Gasteiger charge is -2.39. The van der Waals surface area contributed by atoms with Crippen molar-refractivity contribution < 1.29 is 31.9 Å². The van der Waals surface area contributed by atoms with Crippen LogP contribution >= 0.6 is 11.6 Å². The van der Waals surface area contributed by atoms with E-state index in [2.05, 4.69) is 10.3 Å². The van der Waals surface area contributed by atoms with Crippen LogP contribution in [-0.2, 0) is 14.4 Å².